The molecule has 0 bridgehead atoms. The fourth-order valence-corrected chi connectivity index (χ4v) is 6.51. The van der Waals surface area contributed by atoms with E-state index in [4.69, 9.17) is 10.6 Å². The normalized spacial score (nSPS) is 23.3. The number of aliphatic carboxylic acids is 1. The molecule has 16 nitrogen and oxygen atoms in total. The highest BCUT2D eigenvalue weighted by molar-refractivity contribution is 8.00. The second-order valence-corrected chi connectivity index (χ2v) is 10.2. The Bertz CT molecular complexity index is 1420. The molecule has 2 amide bonds. The van der Waals surface area contributed by atoms with Gasteiger partial charge in [0.2, 0.25) is 11.6 Å². The van der Waals surface area contributed by atoms with E-state index in [0.717, 1.165) is 0 Å². The van der Waals surface area contributed by atoms with Crippen LogP contribution in [0.2, 0.25) is 0 Å². The molecule has 37 heavy (non-hydrogen) atoms. The Hall–Kier alpha value is -4.06. The van der Waals surface area contributed by atoms with E-state index in [-0.39, 0.29) is 35.4 Å². The van der Waals surface area contributed by atoms with E-state index >= 15 is 0 Å². The van der Waals surface area contributed by atoms with Gasteiger partial charge in [-0.05, 0) is 28.6 Å². The average Bonchev–Trinajstić information content (AvgIpc) is 3.36. The number of nitrogens with zero attached hydrogens (tertiary/aromatic N) is 9. The largest absolute Gasteiger partial charge is 0.481 e. The summed E-state index contributed by atoms with van der Waals surface area (Å²) in [6.45, 7) is -0.0112. The summed E-state index contributed by atoms with van der Waals surface area (Å²) < 4.78 is 1.25. The maximum atomic E-state index is 12.9. The molecule has 0 spiro atoms. The Morgan fingerprint density at radius 3 is 3.00 bits per heavy atom. The van der Waals surface area contributed by atoms with Crippen LogP contribution in [0, 0.1) is 5.41 Å². The third kappa shape index (κ3) is 4.59. The maximum Gasteiger partial charge on any atom is 0.313 e. The molecule has 192 valence electrons. The van der Waals surface area contributed by atoms with Crippen LogP contribution in [0.25, 0.3) is 5.65 Å². The summed E-state index contributed by atoms with van der Waals surface area (Å²) in [6.07, 6.45) is 1.36. The van der Waals surface area contributed by atoms with Crippen molar-refractivity contribution in [3.8, 4) is 0 Å². The molecule has 2 aliphatic rings. The van der Waals surface area contributed by atoms with Gasteiger partial charge in [-0.3, -0.25) is 14.4 Å². The number of carboxylic acids is 1. The van der Waals surface area contributed by atoms with Crippen molar-refractivity contribution in [2.24, 2.45) is 10.6 Å². The topological polar surface area (TPSA) is 216 Å². The van der Waals surface area contributed by atoms with Gasteiger partial charge in [-0.15, -0.1) is 38.4 Å². The van der Waals surface area contributed by atoms with Crippen molar-refractivity contribution in [3.05, 3.63) is 30.2 Å². The minimum absolute atomic E-state index is 0.0112. The number of amides is 2. The summed E-state index contributed by atoms with van der Waals surface area (Å²) in [7, 11) is 1.26. The molecule has 0 radical (unpaired) electrons. The Balaban J connectivity index is 1.26. The molecule has 0 aromatic carbocycles. The number of oxime groups is 1. The number of rotatable bonds is 8. The number of hydrogen-bond donors (Lipinski definition) is 3. The predicted octanol–water partition coefficient (Wildman–Crippen LogP) is -1.49. The number of hydrogen-bond acceptors (Lipinski definition) is 14. The smallest absolute Gasteiger partial charge is 0.313 e. The van der Waals surface area contributed by atoms with Crippen LogP contribution < -0.4 is 11.1 Å². The number of nitrogen functional groups attached to an aromatic ring is 1. The van der Waals surface area contributed by atoms with Gasteiger partial charge in [0.25, 0.3) is 5.91 Å². The van der Waals surface area contributed by atoms with Gasteiger partial charge in [-0.1, -0.05) is 5.16 Å². The van der Waals surface area contributed by atoms with E-state index in [1.165, 1.54) is 52.4 Å². The first-order valence-corrected chi connectivity index (χ1v) is 12.7. The SMILES string of the molecule is CON=C(C(=O)NC1C(=O)N2CC(CSc3ccc4nnnn4n3)(C(=O)O)CS[C@H]12)c1nccc(N)n1. The van der Waals surface area contributed by atoms with Gasteiger partial charge < -0.3 is 25.9 Å². The van der Waals surface area contributed by atoms with E-state index in [9.17, 15) is 19.5 Å². The molecule has 3 aromatic heterocycles. The minimum Gasteiger partial charge on any atom is -0.481 e. The van der Waals surface area contributed by atoms with Crippen molar-refractivity contribution in [3.63, 3.8) is 0 Å². The standard InChI is InChI=1S/C19H19N11O5S2/c1-35-26-12(14-21-5-4-9(20)22-14)15(31)23-13-16(32)29-6-19(18(33)34,8-37-17(13)29)7-36-11-3-2-10-24-27-28-30(10)25-11/h2-5,13,17H,6-8H2,1H3,(H,23,31)(H,33,34)(H2,20,21,22)/t13?,17-,19?/m1/s1. The maximum absolute atomic E-state index is 12.9. The lowest BCUT2D eigenvalue weighted by molar-refractivity contribution is -0.157. The molecule has 4 N–H and O–H groups in total. The molecule has 18 heteroatoms. The van der Waals surface area contributed by atoms with Gasteiger partial charge in [-0.25, -0.2) is 9.97 Å². The van der Waals surface area contributed by atoms with Crippen LogP contribution in [0.5, 0.6) is 0 Å². The molecule has 0 saturated carbocycles. The van der Waals surface area contributed by atoms with Gasteiger partial charge in [0, 0.05) is 24.2 Å². The molecule has 2 saturated heterocycles. The number of fused-ring (bicyclic) bond motifs is 2. The number of carbonyl (C=O) groups is 3. The molecule has 3 atom stereocenters. The van der Waals surface area contributed by atoms with Crippen LogP contribution in [0.15, 0.2) is 34.6 Å². The van der Waals surface area contributed by atoms with Crippen LogP contribution in [-0.2, 0) is 19.2 Å². The molecular formula is C19H19N11O5S2. The predicted molar refractivity (Wildman–Crippen MR) is 129 cm³/mol. The van der Waals surface area contributed by atoms with Gasteiger partial charge in [0.05, 0.1) is 0 Å². The fraction of sp³-hybridized carbons (Fsp3) is 0.368. The van der Waals surface area contributed by atoms with E-state index in [2.05, 4.69) is 41.1 Å². The van der Waals surface area contributed by atoms with Crippen molar-refractivity contribution in [2.75, 3.05) is 30.9 Å². The Kier molecular flexibility index (Phi) is 6.50. The lowest BCUT2D eigenvalue weighted by atomic mass is 9.89. The van der Waals surface area contributed by atoms with Crippen molar-refractivity contribution < 1.29 is 24.3 Å². The van der Waals surface area contributed by atoms with Crippen molar-refractivity contribution >= 4 is 58.5 Å². The first kappa shape index (κ1) is 24.6. The monoisotopic (exact) mass is 545 g/mol. The van der Waals surface area contributed by atoms with Crippen LogP contribution >= 0.6 is 23.5 Å². The number of β-lactam (4-membered cyclic amide) rings is 1. The zero-order chi connectivity index (χ0) is 26.2. The van der Waals surface area contributed by atoms with Crippen molar-refractivity contribution in [2.45, 2.75) is 16.4 Å². The third-order valence-electron chi connectivity index (χ3n) is 5.71. The zero-order valence-corrected chi connectivity index (χ0v) is 20.7. The highest BCUT2D eigenvalue weighted by atomic mass is 32.2. The number of nitrogens with one attached hydrogen (secondary N) is 1. The van der Waals surface area contributed by atoms with Crippen LogP contribution in [0.3, 0.4) is 0 Å². The Morgan fingerprint density at radius 1 is 1.41 bits per heavy atom. The second-order valence-electron chi connectivity index (χ2n) is 8.12. The zero-order valence-electron chi connectivity index (χ0n) is 19.1. The van der Waals surface area contributed by atoms with Gasteiger partial charge in [0.1, 0.15) is 34.8 Å². The lowest BCUT2D eigenvalue weighted by Crippen LogP contribution is -2.74. The summed E-state index contributed by atoms with van der Waals surface area (Å²) in [5.74, 6) is -1.69. The van der Waals surface area contributed by atoms with Gasteiger partial charge in [-0.2, -0.15) is 0 Å². The number of anilines is 1. The number of carbonyl (C=O) groups excluding carboxylic acids is 2. The molecule has 2 aliphatic heterocycles. The molecular weight excluding hydrogens is 526 g/mol. The molecule has 2 unspecified atom stereocenters. The average molecular weight is 546 g/mol. The molecule has 3 aromatic rings. The van der Waals surface area contributed by atoms with E-state index in [1.807, 2.05) is 0 Å². The lowest BCUT2D eigenvalue weighted by Gasteiger charge is -2.53. The summed E-state index contributed by atoms with van der Waals surface area (Å²) in [5, 5.41) is 31.8. The number of carboxylic acid groups (broad SMARTS) is 1. The van der Waals surface area contributed by atoms with Crippen LogP contribution in [0.1, 0.15) is 5.82 Å². The summed E-state index contributed by atoms with van der Waals surface area (Å²) in [5.41, 5.74) is 4.67. The fourth-order valence-electron chi connectivity index (χ4n) is 3.80. The summed E-state index contributed by atoms with van der Waals surface area (Å²) in [4.78, 5) is 52.3. The number of thioether (sulfide) groups is 2. The Morgan fingerprint density at radius 2 is 2.24 bits per heavy atom. The number of nitrogens with two attached hydrogens (primary N) is 1. The van der Waals surface area contributed by atoms with Crippen molar-refractivity contribution in [1.29, 1.82) is 0 Å². The summed E-state index contributed by atoms with van der Waals surface area (Å²) in [6, 6.07) is 3.96. The van der Waals surface area contributed by atoms with E-state index in [1.54, 1.807) is 12.1 Å². The quantitative estimate of drug-likeness (QED) is 0.127. The van der Waals surface area contributed by atoms with Gasteiger partial charge >= 0.3 is 5.97 Å². The molecule has 5 rings (SSSR count). The highest BCUT2D eigenvalue weighted by Crippen LogP contribution is 2.44. The number of tetrazole rings is 1. The highest BCUT2D eigenvalue weighted by Gasteiger charge is 2.57. The Labute approximate surface area is 216 Å². The second kappa shape index (κ2) is 9.77. The first-order valence-electron chi connectivity index (χ1n) is 10.7. The molecule has 5 heterocycles. The van der Waals surface area contributed by atoms with E-state index in [0.29, 0.717) is 10.7 Å². The number of aromatic nitrogens is 7. The van der Waals surface area contributed by atoms with E-state index < -0.39 is 34.6 Å². The summed E-state index contributed by atoms with van der Waals surface area (Å²) >= 11 is 2.52. The first-order chi connectivity index (χ1) is 17.8. The van der Waals surface area contributed by atoms with Crippen LogP contribution in [-0.4, -0.2) is 105 Å². The molecule has 2 fully saturated rings. The van der Waals surface area contributed by atoms with Crippen LogP contribution in [0.4, 0.5) is 5.82 Å². The van der Waals surface area contributed by atoms with Gasteiger partial charge in [0.15, 0.2) is 11.5 Å². The third-order valence-corrected chi connectivity index (χ3v) is 8.51. The molecule has 0 aliphatic carbocycles. The van der Waals surface area contributed by atoms with Crippen molar-refractivity contribution in [1.82, 2.24) is 45.4 Å². The minimum atomic E-state index is -1.22.